The first-order valence-corrected chi connectivity index (χ1v) is 7.42. The average molecular weight is 255 g/mol. The molecule has 0 bridgehead atoms. The van der Waals surface area contributed by atoms with Crippen LogP contribution in [0, 0.1) is 6.92 Å². The molecule has 1 atom stereocenters. The molecule has 1 nitrogen and oxygen atoms in total. The van der Waals surface area contributed by atoms with Crippen LogP contribution in [-0.2, 0) is 6.54 Å². The third-order valence-corrected chi connectivity index (χ3v) is 3.73. The number of hydrogen-bond donors (Lipinski definition) is 0. The van der Waals surface area contributed by atoms with E-state index in [4.69, 9.17) is 0 Å². The maximum Gasteiger partial charge on any atom is 0.0319 e. The Morgan fingerprint density at radius 2 is 1.95 bits per heavy atom. The van der Waals surface area contributed by atoms with Gasteiger partial charge in [-0.05, 0) is 31.9 Å². The third kappa shape index (κ3) is 4.36. The molecule has 0 spiro atoms. The Morgan fingerprint density at radius 1 is 1.16 bits per heavy atom. The molecule has 1 aromatic rings. The molecule has 0 aliphatic heterocycles. The van der Waals surface area contributed by atoms with Crippen molar-refractivity contribution in [3.63, 3.8) is 0 Å². The quantitative estimate of drug-likeness (QED) is 0.724. The molecule has 1 aromatic carbocycles. The van der Waals surface area contributed by atoms with Crippen LogP contribution in [0.4, 0.5) is 0 Å². The summed E-state index contributed by atoms with van der Waals surface area (Å²) in [6.45, 7) is 6.66. The first-order valence-electron chi connectivity index (χ1n) is 7.42. The predicted octanol–water partition coefficient (Wildman–Crippen LogP) is 4.48. The van der Waals surface area contributed by atoms with Gasteiger partial charge in [0, 0.05) is 12.6 Å². The maximum atomic E-state index is 2.61. The number of benzene rings is 1. The van der Waals surface area contributed by atoms with Gasteiger partial charge in [-0.15, -0.1) is 0 Å². The van der Waals surface area contributed by atoms with E-state index in [2.05, 4.69) is 67.3 Å². The van der Waals surface area contributed by atoms with Crippen LogP contribution in [0.15, 0.2) is 48.6 Å². The zero-order valence-electron chi connectivity index (χ0n) is 12.2. The fourth-order valence-corrected chi connectivity index (χ4v) is 2.49. The molecule has 2 rings (SSSR count). The summed E-state index contributed by atoms with van der Waals surface area (Å²) in [5.74, 6) is 0. The molecule has 0 fully saturated rings. The molecule has 1 aliphatic carbocycles. The fourth-order valence-electron chi connectivity index (χ4n) is 2.49. The summed E-state index contributed by atoms with van der Waals surface area (Å²) in [6, 6.07) is 9.51. The van der Waals surface area contributed by atoms with Crippen molar-refractivity contribution >= 4 is 0 Å². The zero-order chi connectivity index (χ0) is 13.5. The van der Waals surface area contributed by atoms with Crippen LogP contribution in [0.5, 0.6) is 0 Å². The van der Waals surface area contributed by atoms with Gasteiger partial charge in [0.1, 0.15) is 0 Å². The summed E-state index contributed by atoms with van der Waals surface area (Å²) >= 11 is 0. The highest BCUT2D eigenvalue weighted by molar-refractivity contribution is 5.22. The first kappa shape index (κ1) is 14.1. The average Bonchev–Trinajstić information content (AvgIpc) is 2.46. The van der Waals surface area contributed by atoms with Gasteiger partial charge in [0.15, 0.2) is 0 Å². The van der Waals surface area contributed by atoms with Gasteiger partial charge in [-0.3, -0.25) is 4.90 Å². The number of aryl methyl sites for hydroxylation is 1. The molecule has 0 heterocycles. The van der Waals surface area contributed by atoms with E-state index < -0.39 is 0 Å². The highest BCUT2D eigenvalue weighted by Gasteiger charge is 2.15. The second-order valence-electron chi connectivity index (χ2n) is 5.43. The van der Waals surface area contributed by atoms with Gasteiger partial charge in [0.05, 0.1) is 0 Å². The van der Waals surface area contributed by atoms with E-state index in [9.17, 15) is 0 Å². The maximum absolute atomic E-state index is 2.61. The van der Waals surface area contributed by atoms with Crippen molar-refractivity contribution in [1.29, 1.82) is 0 Å². The lowest BCUT2D eigenvalue weighted by atomic mass is 10.0. The van der Waals surface area contributed by atoms with Crippen LogP contribution in [0.1, 0.15) is 37.3 Å². The summed E-state index contributed by atoms with van der Waals surface area (Å²) in [5, 5.41) is 0. The van der Waals surface area contributed by atoms with Crippen LogP contribution in [0.2, 0.25) is 0 Å². The van der Waals surface area contributed by atoms with E-state index in [1.807, 2.05) is 0 Å². The molecule has 0 N–H and O–H groups in total. The van der Waals surface area contributed by atoms with Gasteiger partial charge in [-0.2, -0.15) is 0 Å². The van der Waals surface area contributed by atoms with Crippen molar-refractivity contribution in [2.75, 3.05) is 6.54 Å². The molecule has 0 saturated carbocycles. The third-order valence-electron chi connectivity index (χ3n) is 3.73. The van der Waals surface area contributed by atoms with Gasteiger partial charge in [-0.1, -0.05) is 67.5 Å². The van der Waals surface area contributed by atoms with Crippen LogP contribution >= 0.6 is 0 Å². The highest BCUT2D eigenvalue weighted by Crippen LogP contribution is 2.16. The number of allylic oxidation sites excluding steroid dienone is 2. The Morgan fingerprint density at radius 3 is 2.58 bits per heavy atom. The molecule has 102 valence electrons. The van der Waals surface area contributed by atoms with Crippen molar-refractivity contribution in [1.82, 2.24) is 4.90 Å². The predicted molar refractivity (Wildman–Crippen MR) is 83.2 cm³/mol. The van der Waals surface area contributed by atoms with E-state index in [1.165, 1.54) is 30.5 Å². The van der Waals surface area contributed by atoms with Gasteiger partial charge >= 0.3 is 0 Å². The van der Waals surface area contributed by atoms with E-state index in [-0.39, 0.29) is 0 Å². The Labute approximate surface area is 117 Å². The van der Waals surface area contributed by atoms with E-state index in [0.717, 1.165) is 13.0 Å². The highest BCUT2D eigenvalue weighted by atomic mass is 15.1. The summed E-state index contributed by atoms with van der Waals surface area (Å²) in [6.07, 6.45) is 12.6. The second-order valence-corrected chi connectivity index (χ2v) is 5.43. The summed E-state index contributed by atoms with van der Waals surface area (Å²) < 4.78 is 0. The van der Waals surface area contributed by atoms with Crippen molar-refractivity contribution in [2.24, 2.45) is 0 Å². The Balaban J connectivity index is 2.02. The summed E-state index contributed by atoms with van der Waals surface area (Å²) in [7, 11) is 0. The van der Waals surface area contributed by atoms with Crippen LogP contribution in [-0.4, -0.2) is 17.5 Å². The fraction of sp³-hybridized carbons (Fsp3) is 0.444. The van der Waals surface area contributed by atoms with E-state index in [1.54, 1.807) is 0 Å². The Bertz CT molecular complexity index is 428. The standard InChI is InChI=1S/C18H25N/c1-3-4-14-19(18-8-6-5-7-9-18)15-17-12-10-16(2)11-13-17/h5-8,10-13,18H,3-4,9,14-15H2,1-2H3. The van der Waals surface area contributed by atoms with Crippen molar-refractivity contribution in [3.05, 3.63) is 59.7 Å². The molecule has 0 aromatic heterocycles. The Hall–Kier alpha value is -1.34. The lowest BCUT2D eigenvalue weighted by Gasteiger charge is -2.30. The summed E-state index contributed by atoms with van der Waals surface area (Å²) in [4.78, 5) is 2.61. The monoisotopic (exact) mass is 255 g/mol. The zero-order valence-corrected chi connectivity index (χ0v) is 12.2. The van der Waals surface area contributed by atoms with Gasteiger partial charge in [0.2, 0.25) is 0 Å². The van der Waals surface area contributed by atoms with Crippen LogP contribution < -0.4 is 0 Å². The lowest BCUT2D eigenvalue weighted by Crippen LogP contribution is -2.34. The van der Waals surface area contributed by atoms with Crippen LogP contribution in [0.3, 0.4) is 0 Å². The van der Waals surface area contributed by atoms with Crippen molar-refractivity contribution in [3.8, 4) is 0 Å². The minimum absolute atomic E-state index is 0.567. The minimum Gasteiger partial charge on any atom is -0.292 e. The molecular weight excluding hydrogens is 230 g/mol. The van der Waals surface area contributed by atoms with E-state index in [0.29, 0.717) is 6.04 Å². The Kier molecular flexibility index (Phi) is 5.41. The molecule has 0 amide bonds. The SMILES string of the molecule is CCCCN(Cc1ccc(C)cc1)C1C=CC=CC1. The molecular formula is C18H25N. The van der Waals surface area contributed by atoms with Gasteiger partial charge in [-0.25, -0.2) is 0 Å². The van der Waals surface area contributed by atoms with Crippen molar-refractivity contribution in [2.45, 2.75) is 45.7 Å². The van der Waals surface area contributed by atoms with Gasteiger partial charge < -0.3 is 0 Å². The minimum atomic E-state index is 0.567. The smallest absolute Gasteiger partial charge is 0.0319 e. The molecule has 1 aliphatic rings. The molecule has 0 saturated heterocycles. The number of rotatable bonds is 6. The molecule has 1 unspecified atom stereocenters. The molecule has 1 heteroatoms. The topological polar surface area (TPSA) is 3.24 Å². The number of hydrogen-bond acceptors (Lipinski definition) is 1. The first-order chi connectivity index (χ1) is 9.29. The molecule has 19 heavy (non-hydrogen) atoms. The lowest BCUT2D eigenvalue weighted by molar-refractivity contribution is 0.216. The normalized spacial score (nSPS) is 18.2. The number of nitrogens with zero attached hydrogens (tertiary/aromatic N) is 1. The molecule has 0 radical (unpaired) electrons. The largest absolute Gasteiger partial charge is 0.292 e. The summed E-state index contributed by atoms with van der Waals surface area (Å²) in [5.41, 5.74) is 2.76. The number of unbranched alkanes of at least 4 members (excludes halogenated alkanes) is 1. The van der Waals surface area contributed by atoms with Crippen LogP contribution in [0.25, 0.3) is 0 Å². The second kappa shape index (κ2) is 7.30. The van der Waals surface area contributed by atoms with Crippen molar-refractivity contribution < 1.29 is 0 Å². The van der Waals surface area contributed by atoms with Gasteiger partial charge in [0.25, 0.3) is 0 Å². The van der Waals surface area contributed by atoms with E-state index >= 15 is 0 Å².